The summed E-state index contributed by atoms with van der Waals surface area (Å²) in [5.74, 6) is 0.944. The number of fused-ring (bicyclic) bond motifs is 2. The Labute approximate surface area is 183 Å². The van der Waals surface area contributed by atoms with Crippen molar-refractivity contribution in [2.45, 2.75) is 18.4 Å². The monoisotopic (exact) mass is 457 g/mol. The third kappa shape index (κ3) is 3.29. The highest BCUT2D eigenvalue weighted by atomic mass is 32.2. The van der Waals surface area contributed by atoms with Crippen molar-refractivity contribution in [3.63, 3.8) is 0 Å². The first-order valence-electron chi connectivity index (χ1n) is 10.3. The standard InChI is InChI=1S/C21H23N5O5S/c1-3-26-18-12-16-15(11-17(18)24-21(26)27)22-20(23-16)14-5-4-13(10-19(14)30-2)32(28,29)25-6-8-31-9-7-25/h4-5,10-12H,3,6-9H2,1-2H3,(H,22,23)(H,24,27). The second kappa shape index (κ2) is 7.76. The quantitative estimate of drug-likeness (QED) is 0.472. The van der Waals surface area contributed by atoms with Crippen LogP contribution in [-0.4, -0.2) is 65.7 Å². The van der Waals surface area contributed by atoms with Crippen LogP contribution in [0.4, 0.5) is 0 Å². The normalized spacial score (nSPS) is 15.6. The summed E-state index contributed by atoms with van der Waals surface area (Å²) in [4.78, 5) is 23.0. The van der Waals surface area contributed by atoms with E-state index in [1.165, 1.54) is 17.5 Å². The number of nitrogens with one attached hydrogen (secondary N) is 2. The Morgan fingerprint density at radius 2 is 1.91 bits per heavy atom. The summed E-state index contributed by atoms with van der Waals surface area (Å²) in [6.45, 7) is 3.87. The third-order valence-corrected chi connectivity index (χ3v) is 7.62. The minimum atomic E-state index is -3.64. The van der Waals surface area contributed by atoms with Crippen molar-refractivity contribution in [2.75, 3.05) is 33.4 Å². The van der Waals surface area contributed by atoms with Gasteiger partial charge in [0.05, 0.1) is 52.8 Å². The molecule has 1 aliphatic rings. The second-order valence-electron chi connectivity index (χ2n) is 7.52. The fraction of sp³-hybridized carbons (Fsp3) is 0.333. The van der Waals surface area contributed by atoms with E-state index in [9.17, 15) is 13.2 Å². The van der Waals surface area contributed by atoms with Crippen LogP contribution in [0.15, 0.2) is 40.0 Å². The molecule has 11 heteroatoms. The van der Waals surface area contributed by atoms with E-state index in [-0.39, 0.29) is 10.6 Å². The molecular weight excluding hydrogens is 434 g/mol. The van der Waals surface area contributed by atoms with Crippen molar-refractivity contribution >= 4 is 32.1 Å². The molecule has 0 unspecified atom stereocenters. The van der Waals surface area contributed by atoms with E-state index < -0.39 is 10.0 Å². The number of methoxy groups -OCH3 is 1. The van der Waals surface area contributed by atoms with Gasteiger partial charge in [-0.3, -0.25) is 4.57 Å². The van der Waals surface area contributed by atoms with Crippen molar-refractivity contribution in [1.29, 1.82) is 0 Å². The molecule has 0 amide bonds. The molecule has 1 saturated heterocycles. The molecule has 1 aliphatic heterocycles. The Morgan fingerprint density at radius 1 is 1.12 bits per heavy atom. The molecule has 0 radical (unpaired) electrons. The highest BCUT2D eigenvalue weighted by molar-refractivity contribution is 7.89. The van der Waals surface area contributed by atoms with Crippen LogP contribution in [0, 0.1) is 0 Å². The van der Waals surface area contributed by atoms with Gasteiger partial charge in [0.2, 0.25) is 10.0 Å². The Morgan fingerprint density at radius 3 is 2.62 bits per heavy atom. The predicted molar refractivity (Wildman–Crippen MR) is 119 cm³/mol. The van der Waals surface area contributed by atoms with Gasteiger partial charge in [0.25, 0.3) is 0 Å². The molecule has 10 nitrogen and oxygen atoms in total. The highest BCUT2D eigenvalue weighted by Crippen LogP contribution is 2.33. The lowest BCUT2D eigenvalue weighted by atomic mass is 10.2. The van der Waals surface area contributed by atoms with Crippen LogP contribution in [0.5, 0.6) is 5.75 Å². The number of imidazole rings is 2. The first-order chi connectivity index (χ1) is 15.4. The molecule has 0 aliphatic carbocycles. The van der Waals surface area contributed by atoms with Gasteiger partial charge < -0.3 is 19.4 Å². The van der Waals surface area contributed by atoms with E-state index in [4.69, 9.17) is 9.47 Å². The van der Waals surface area contributed by atoms with Crippen LogP contribution >= 0.6 is 0 Å². The molecule has 1 fully saturated rings. The van der Waals surface area contributed by atoms with E-state index in [1.807, 2.05) is 19.1 Å². The Bertz CT molecular complexity index is 1480. The van der Waals surface area contributed by atoms with Gasteiger partial charge in [-0.05, 0) is 31.2 Å². The number of nitrogens with zero attached hydrogens (tertiary/aromatic N) is 3. The van der Waals surface area contributed by atoms with Crippen LogP contribution in [0.3, 0.4) is 0 Å². The first-order valence-corrected chi connectivity index (χ1v) is 11.7. The number of ether oxygens (including phenoxy) is 2. The summed E-state index contributed by atoms with van der Waals surface area (Å²) in [5.41, 5.74) is 3.43. The lowest BCUT2D eigenvalue weighted by Crippen LogP contribution is -2.40. The number of hydrogen-bond acceptors (Lipinski definition) is 6. The summed E-state index contributed by atoms with van der Waals surface area (Å²) in [6.07, 6.45) is 0. The maximum Gasteiger partial charge on any atom is 0.326 e. The van der Waals surface area contributed by atoms with Gasteiger partial charge in [-0.25, -0.2) is 18.2 Å². The smallest absolute Gasteiger partial charge is 0.326 e. The number of hydrogen-bond donors (Lipinski definition) is 2. The van der Waals surface area contributed by atoms with Crippen molar-refractivity contribution < 1.29 is 17.9 Å². The van der Waals surface area contributed by atoms with Crippen molar-refractivity contribution in [1.82, 2.24) is 23.8 Å². The number of H-pyrrole nitrogens is 2. The number of aryl methyl sites for hydroxylation is 1. The predicted octanol–water partition coefficient (Wildman–Crippen LogP) is 1.92. The first kappa shape index (κ1) is 20.7. The molecular formula is C21H23N5O5S. The molecule has 32 heavy (non-hydrogen) atoms. The number of morpholine rings is 1. The van der Waals surface area contributed by atoms with Crippen molar-refractivity contribution in [2.24, 2.45) is 0 Å². The van der Waals surface area contributed by atoms with E-state index >= 15 is 0 Å². The fourth-order valence-corrected chi connectivity index (χ4v) is 5.49. The Hall–Kier alpha value is -3.15. The number of aromatic nitrogens is 4. The maximum absolute atomic E-state index is 13.0. The molecule has 3 heterocycles. The molecule has 2 aromatic carbocycles. The number of sulfonamides is 1. The molecule has 0 spiro atoms. The van der Waals surface area contributed by atoms with Crippen LogP contribution in [0.1, 0.15) is 6.92 Å². The molecule has 0 atom stereocenters. The second-order valence-corrected chi connectivity index (χ2v) is 9.46. The van der Waals surface area contributed by atoms with Crippen molar-refractivity contribution in [3.8, 4) is 17.1 Å². The van der Waals surface area contributed by atoms with Crippen LogP contribution in [0.25, 0.3) is 33.5 Å². The average Bonchev–Trinajstić information content (AvgIpc) is 3.36. The van der Waals surface area contributed by atoms with Gasteiger partial charge in [0, 0.05) is 25.7 Å². The molecule has 5 rings (SSSR count). The zero-order chi connectivity index (χ0) is 22.5. The number of rotatable bonds is 5. The minimum Gasteiger partial charge on any atom is -0.496 e. The van der Waals surface area contributed by atoms with Crippen LogP contribution in [-0.2, 0) is 21.3 Å². The average molecular weight is 458 g/mol. The molecule has 168 valence electrons. The van der Waals surface area contributed by atoms with E-state index in [1.54, 1.807) is 16.7 Å². The molecule has 0 bridgehead atoms. The van der Waals surface area contributed by atoms with E-state index in [0.29, 0.717) is 55.5 Å². The molecule has 0 saturated carbocycles. The summed E-state index contributed by atoms with van der Waals surface area (Å²) in [6, 6.07) is 8.48. The number of aromatic amines is 2. The zero-order valence-electron chi connectivity index (χ0n) is 17.7. The summed E-state index contributed by atoms with van der Waals surface area (Å²) in [7, 11) is -2.15. The number of benzene rings is 2. The third-order valence-electron chi connectivity index (χ3n) is 5.73. The topological polar surface area (TPSA) is 122 Å². The van der Waals surface area contributed by atoms with Gasteiger partial charge in [0.15, 0.2) is 0 Å². The lowest BCUT2D eigenvalue weighted by Gasteiger charge is -2.26. The van der Waals surface area contributed by atoms with Crippen LogP contribution in [0.2, 0.25) is 0 Å². The molecule has 2 N–H and O–H groups in total. The Kier molecular flexibility index (Phi) is 5.03. The zero-order valence-corrected chi connectivity index (χ0v) is 18.5. The molecule has 4 aromatic rings. The minimum absolute atomic E-state index is 0.158. The van der Waals surface area contributed by atoms with Gasteiger partial charge in [-0.15, -0.1) is 0 Å². The lowest BCUT2D eigenvalue weighted by molar-refractivity contribution is 0.0730. The molecule has 2 aromatic heterocycles. The summed E-state index contributed by atoms with van der Waals surface area (Å²) < 4.78 is 39.8. The summed E-state index contributed by atoms with van der Waals surface area (Å²) >= 11 is 0. The largest absolute Gasteiger partial charge is 0.496 e. The van der Waals surface area contributed by atoms with Gasteiger partial charge in [-0.2, -0.15) is 4.31 Å². The Balaban J connectivity index is 1.57. The van der Waals surface area contributed by atoms with Crippen molar-refractivity contribution in [3.05, 3.63) is 40.8 Å². The van der Waals surface area contributed by atoms with Gasteiger partial charge >= 0.3 is 5.69 Å². The maximum atomic E-state index is 13.0. The van der Waals surface area contributed by atoms with E-state index in [0.717, 1.165) is 16.6 Å². The SMILES string of the molecule is CCn1c(=O)[nH]c2cc3[nH]c(-c4ccc(S(=O)(=O)N5CCOCC5)cc4OC)nc3cc21. The summed E-state index contributed by atoms with van der Waals surface area (Å²) in [5, 5.41) is 0. The van der Waals surface area contributed by atoms with Crippen LogP contribution < -0.4 is 10.4 Å². The van der Waals surface area contributed by atoms with E-state index in [2.05, 4.69) is 15.0 Å². The fourth-order valence-electron chi connectivity index (χ4n) is 4.07. The highest BCUT2D eigenvalue weighted by Gasteiger charge is 2.27. The van der Waals surface area contributed by atoms with Gasteiger partial charge in [0.1, 0.15) is 11.6 Å². The van der Waals surface area contributed by atoms with Gasteiger partial charge in [-0.1, -0.05) is 0 Å².